The monoisotopic (exact) mass is 459 g/mol. The number of rotatable bonds is 5. The molecule has 3 aromatic rings. The Morgan fingerprint density at radius 3 is 2.87 bits per heavy atom. The Morgan fingerprint density at radius 1 is 1.32 bits per heavy atom. The van der Waals surface area contributed by atoms with E-state index in [1.807, 2.05) is 0 Å². The minimum atomic E-state index is -4.46. The second-order valence-corrected chi connectivity index (χ2v) is 7.64. The number of alkyl halides is 5. The summed E-state index contributed by atoms with van der Waals surface area (Å²) in [6.45, 7) is -1.81. The Kier molecular flexibility index (Phi) is 5.60. The standard InChI is InChI=1S/C18H14F5N5O2S/c19-13(20)6-24-16(29)9-1-2-10-11(5-9)30-4-3-12-14(10)27-17(31-12)15-25-8-26-28(15)7-18(21,22)23/h1-2,5,8,13H,3-4,6-7H2,(H,24,29). The molecule has 0 saturated carbocycles. The Labute approximate surface area is 175 Å². The fourth-order valence-corrected chi connectivity index (χ4v) is 4.10. The molecule has 0 fully saturated rings. The van der Waals surface area contributed by atoms with Crippen LogP contribution in [0.4, 0.5) is 22.0 Å². The van der Waals surface area contributed by atoms with E-state index in [0.717, 1.165) is 15.9 Å². The molecule has 0 aliphatic carbocycles. The summed E-state index contributed by atoms with van der Waals surface area (Å²) in [5.41, 5.74) is 1.19. The van der Waals surface area contributed by atoms with Crippen LogP contribution < -0.4 is 10.1 Å². The number of hydrogen-bond acceptors (Lipinski definition) is 6. The molecule has 1 aliphatic heterocycles. The van der Waals surface area contributed by atoms with Gasteiger partial charge in [0.15, 0.2) is 10.8 Å². The highest BCUT2D eigenvalue weighted by atomic mass is 32.1. The summed E-state index contributed by atoms with van der Waals surface area (Å²) < 4.78 is 69.5. The maximum Gasteiger partial charge on any atom is 0.408 e. The molecule has 0 unspecified atom stereocenters. The van der Waals surface area contributed by atoms with Crippen molar-refractivity contribution in [2.24, 2.45) is 0 Å². The van der Waals surface area contributed by atoms with Gasteiger partial charge in [0.1, 0.15) is 18.6 Å². The van der Waals surface area contributed by atoms with Gasteiger partial charge < -0.3 is 10.1 Å². The largest absolute Gasteiger partial charge is 0.492 e. The summed E-state index contributed by atoms with van der Waals surface area (Å²) >= 11 is 1.19. The summed E-state index contributed by atoms with van der Waals surface area (Å²) in [7, 11) is 0. The smallest absolute Gasteiger partial charge is 0.408 e. The lowest BCUT2D eigenvalue weighted by Gasteiger charge is -2.10. The number of halogens is 5. The lowest BCUT2D eigenvalue weighted by molar-refractivity contribution is -0.142. The van der Waals surface area contributed by atoms with Crippen LogP contribution in [0.1, 0.15) is 15.2 Å². The average molecular weight is 459 g/mol. The Morgan fingerprint density at radius 2 is 2.13 bits per heavy atom. The van der Waals surface area contributed by atoms with Crippen LogP contribution in [0.25, 0.3) is 22.1 Å². The van der Waals surface area contributed by atoms with E-state index >= 15 is 0 Å². The van der Waals surface area contributed by atoms with E-state index in [2.05, 4.69) is 20.4 Å². The summed E-state index contributed by atoms with van der Waals surface area (Å²) in [6.07, 6.45) is -5.65. The number of fused-ring (bicyclic) bond motifs is 3. The van der Waals surface area contributed by atoms with Gasteiger partial charge in [0, 0.05) is 22.4 Å². The van der Waals surface area contributed by atoms with E-state index < -0.39 is 31.6 Å². The quantitative estimate of drug-likeness (QED) is 0.590. The van der Waals surface area contributed by atoms with E-state index in [4.69, 9.17) is 4.74 Å². The number of amides is 1. The highest BCUT2D eigenvalue weighted by molar-refractivity contribution is 7.15. The Bertz CT molecular complexity index is 1110. The minimum absolute atomic E-state index is 0.000800. The van der Waals surface area contributed by atoms with E-state index in [1.165, 1.54) is 23.5 Å². The van der Waals surface area contributed by atoms with E-state index in [1.54, 1.807) is 6.07 Å². The third kappa shape index (κ3) is 4.65. The molecule has 1 amide bonds. The van der Waals surface area contributed by atoms with Crippen molar-refractivity contribution in [2.45, 2.75) is 25.6 Å². The van der Waals surface area contributed by atoms with Crippen molar-refractivity contribution >= 4 is 17.2 Å². The highest BCUT2D eigenvalue weighted by Gasteiger charge is 2.31. The summed E-state index contributed by atoms with van der Waals surface area (Å²) in [6, 6.07) is 4.44. The molecule has 1 aromatic carbocycles. The predicted octanol–water partition coefficient (Wildman–Crippen LogP) is 3.56. The number of aromatic nitrogens is 4. The van der Waals surface area contributed by atoms with Crippen molar-refractivity contribution in [3.05, 3.63) is 35.0 Å². The second-order valence-electron chi connectivity index (χ2n) is 6.56. The van der Waals surface area contributed by atoms with E-state index in [0.29, 0.717) is 23.4 Å². The maximum absolute atomic E-state index is 12.8. The molecule has 7 nitrogen and oxygen atoms in total. The van der Waals surface area contributed by atoms with Crippen molar-refractivity contribution in [3.8, 4) is 27.8 Å². The van der Waals surface area contributed by atoms with E-state index in [-0.39, 0.29) is 23.0 Å². The SMILES string of the molecule is O=C(NCC(F)F)c1ccc2c(c1)OCCc1sc(-c3ncnn3CC(F)(F)F)nc1-2. The number of ether oxygens (including phenoxy) is 1. The van der Waals surface area contributed by atoms with Crippen LogP contribution in [0, 0.1) is 0 Å². The van der Waals surface area contributed by atoms with Crippen molar-refractivity contribution in [2.75, 3.05) is 13.2 Å². The molecule has 0 spiro atoms. The molecule has 31 heavy (non-hydrogen) atoms. The van der Waals surface area contributed by atoms with Crippen LogP contribution in [-0.4, -0.2) is 51.4 Å². The van der Waals surface area contributed by atoms with Gasteiger partial charge in [0.2, 0.25) is 0 Å². The highest BCUT2D eigenvalue weighted by Crippen LogP contribution is 2.40. The van der Waals surface area contributed by atoms with Gasteiger partial charge in [-0.2, -0.15) is 18.3 Å². The van der Waals surface area contributed by atoms with Crippen LogP contribution in [-0.2, 0) is 13.0 Å². The average Bonchev–Trinajstić information content (AvgIpc) is 3.27. The molecule has 13 heteroatoms. The third-order valence-corrected chi connectivity index (χ3v) is 5.45. The van der Waals surface area contributed by atoms with Gasteiger partial charge in [0.05, 0.1) is 18.8 Å². The first-order valence-electron chi connectivity index (χ1n) is 8.99. The van der Waals surface area contributed by atoms with Crippen LogP contribution in [0.3, 0.4) is 0 Å². The molecule has 0 bridgehead atoms. The number of carbonyl (C=O) groups is 1. The van der Waals surface area contributed by atoms with Crippen LogP contribution in [0.5, 0.6) is 5.75 Å². The lowest BCUT2D eigenvalue weighted by atomic mass is 10.1. The van der Waals surface area contributed by atoms with Crippen LogP contribution >= 0.6 is 11.3 Å². The summed E-state index contributed by atoms with van der Waals surface area (Å²) in [5.74, 6) is -0.340. The van der Waals surface area contributed by atoms with Gasteiger partial charge in [-0.15, -0.1) is 11.3 Å². The van der Waals surface area contributed by atoms with E-state index in [9.17, 15) is 26.7 Å². The molecular formula is C18H14F5N5O2S. The Hall–Kier alpha value is -3.09. The number of hydrogen-bond donors (Lipinski definition) is 1. The van der Waals surface area contributed by atoms with Crippen molar-refractivity contribution in [1.29, 1.82) is 0 Å². The molecule has 0 atom stereocenters. The van der Waals surface area contributed by atoms with Gasteiger partial charge in [-0.1, -0.05) is 0 Å². The first-order valence-corrected chi connectivity index (χ1v) is 9.81. The molecule has 1 aliphatic rings. The first-order chi connectivity index (χ1) is 14.7. The van der Waals surface area contributed by atoms with Crippen molar-refractivity contribution in [1.82, 2.24) is 25.1 Å². The lowest BCUT2D eigenvalue weighted by Crippen LogP contribution is -2.28. The number of benzene rings is 1. The molecule has 2 aromatic heterocycles. The molecular weight excluding hydrogens is 445 g/mol. The van der Waals surface area contributed by atoms with Crippen LogP contribution in [0.15, 0.2) is 24.5 Å². The molecule has 0 radical (unpaired) electrons. The maximum atomic E-state index is 12.8. The third-order valence-electron chi connectivity index (χ3n) is 4.34. The van der Waals surface area contributed by atoms with Gasteiger partial charge in [-0.05, 0) is 18.2 Å². The van der Waals surface area contributed by atoms with Gasteiger partial charge in [-0.3, -0.25) is 4.79 Å². The first kappa shape index (κ1) is 21.2. The number of carbonyl (C=O) groups excluding carboxylic acids is 1. The fraction of sp³-hybridized carbons (Fsp3) is 0.333. The zero-order valence-electron chi connectivity index (χ0n) is 15.6. The van der Waals surface area contributed by atoms with Crippen molar-refractivity contribution < 1.29 is 31.5 Å². The predicted molar refractivity (Wildman–Crippen MR) is 100 cm³/mol. The van der Waals surface area contributed by atoms with Gasteiger partial charge in [0.25, 0.3) is 12.3 Å². The van der Waals surface area contributed by atoms with Crippen LogP contribution in [0.2, 0.25) is 0 Å². The zero-order valence-corrected chi connectivity index (χ0v) is 16.4. The molecule has 4 rings (SSSR count). The van der Waals surface area contributed by atoms with Gasteiger partial charge >= 0.3 is 6.18 Å². The molecule has 3 heterocycles. The normalized spacial score (nSPS) is 13.4. The zero-order chi connectivity index (χ0) is 22.2. The Balaban J connectivity index is 1.66. The number of nitrogens with zero attached hydrogens (tertiary/aromatic N) is 4. The topological polar surface area (TPSA) is 81.9 Å². The fourth-order valence-electron chi connectivity index (χ4n) is 3.05. The number of nitrogens with one attached hydrogen (secondary N) is 1. The summed E-state index contributed by atoms with van der Waals surface area (Å²) in [5, 5.41) is 6.03. The minimum Gasteiger partial charge on any atom is -0.492 e. The molecule has 164 valence electrons. The summed E-state index contributed by atoms with van der Waals surface area (Å²) in [4.78, 5) is 21.2. The second kappa shape index (κ2) is 8.21. The van der Waals surface area contributed by atoms with Crippen molar-refractivity contribution in [3.63, 3.8) is 0 Å². The molecule has 0 saturated heterocycles. The van der Waals surface area contributed by atoms with Gasteiger partial charge in [-0.25, -0.2) is 23.4 Å². The number of thiazole rings is 1. The molecule has 1 N–H and O–H groups in total.